The van der Waals surface area contributed by atoms with Gasteiger partial charge in [0.05, 0.1) is 5.92 Å². The summed E-state index contributed by atoms with van der Waals surface area (Å²) in [4.78, 5) is 13.5. The second kappa shape index (κ2) is 5.53. The normalized spacial score (nSPS) is 23.0. The fourth-order valence-electron chi connectivity index (χ4n) is 3.47. The Morgan fingerprint density at radius 3 is 2.76 bits per heavy atom. The van der Waals surface area contributed by atoms with E-state index in [0.717, 1.165) is 19.6 Å². The van der Waals surface area contributed by atoms with Crippen LogP contribution in [0.15, 0.2) is 30.5 Å². The van der Waals surface area contributed by atoms with E-state index in [9.17, 15) is 9.90 Å². The molecule has 2 atom stereocenters. The molecule has 1 aromatic heterocycles. The molecule has 0 spiro atoms. The first-order valence-electron chi connectivity index (χ1n) is 7.62. The molecule has 112 valence electrons. The predicted molar refractivity (Wildman–Crippen MR) is 83.2 cm³/mol. The third-order valence-corrected chi connectivity index (χ3v) is 4.61. The molecule has 2 unspecified atom stereocenters. The van der Waals surface area contributed by atoms with Gasteiger partial charge in [-0.25, -0.2) is 0 Å². The van der Waals surface area contributed by atoms with Crippen molar-refractivity contribution in [1.29, 1.82) is 0 Å². The molecule has 4 nitrogen and oxygen atoms in total. The van der Waals surface area contributed by atoms with Crippen molar-refractivity contribution in [2.24, 2.45) is 11.8 Å². The highest BCUT2D eigenvalue weighted by atomic mass is 16.4. The van der Waals surface area contributed by atoms with E-state index >= 15 is 0 Å². The van der Waals surface area contributed by atoms with Crippen LogP contribution in [-0.2, 0) is 17.9 Å². The van der Waals surface area contributed by atoms with Gasteiger partial charge in [-0.3, -0.25) is 9.69 Å². The summed E-state index contributed by atoms with van der Waals surface area (Å²) in [5.74, 6) is -0.674. The summed E-state index contributed by atoms with van der Waals surface area (Å²) in [6.45, 7) is 7.49. The minimum Gasteiger partial charge on any atom is -0.481 e. The van der Waals surface area contributed by atoms with Gasteiger partial charge in [-0.05, 0) is 24.5 Å². The van der Waals surface area contributed by atoms with Gasteiger partial charge in [-0.15, -0.1) is 0 Å². The first-order chi connectivity index (χ1) is 10.1. The van der Waals surface area contributed by atoms with E-state index in [1.165, 1.54) is 16.5 Å². The zero-order chi connectivity index (χ0) is 15.0. The van der Waals surface area contributed by atoms with Crippen LogP contribution in [0.1, 0.15) is 19.4 Å². The van der Waals surface area contributed by atoms with Crippen molar-refractivity contribution in [2.45, 2.75) is 26.9 Å². The second-order valence-corrected chi connectivity index (χ2v) is 6.07. The number of aromatic nitrogens is 1. The number of likely N-dealkylation sites (tertiary alicyclic amines) is 1. The maximum absolute atomic E-state index is 11.2. The van der Waals surface area contributed by atoms with Crippen molar-refractivity contribution < 1.29 is 9.90 Å². The van der Waals surface area contributed by atoms with E-state index < -0.39 is 5.97 Å². The van der Waals surface area contributed by atoms with Crippen LogP contribution in [0.3, 0.4) is 0 Å². The molecule has 2 heterocycles. The average Bonchev–Trinajstić information content (AvgIpc) is 3.01. The van der Waals surface area contributed by atoms with Gasteiger partial charge in [-0.2, -0.15) is 0 Å². The summed E-state index contributed by atoms with van der Waals surface area (Å²) in [6, 6.07) is 8.44. The lowest BCUT2D eigenvalue weighted by atomic mass is 9.99. The van der Waals surface area contributed by atoms with Crippen LogP contribution in [0.5, 0.6) is 0 Å². The van der Waals surface area contributed by atoms with Gasteiger partial charge in [-0.1, -0.05) is 25.1 Å². The van der Waals surface area contributed by atoms with Crippen LogP contribution in [0.4, 0.5) is 0 Å². The van der Waals surface area contributed by atoms with Crippen molar-refractivity contribution in [3.05, 3.63) is 36.0 Å². The lowest BCUT2D eigenvalue weighted by Gasteiger charge is -2.14. The number of nitrogens with zero attached hydrogens (tertiary/aromatic N) is 2. The number of carboxylic acids is 1. The van der Waals surface area contributed by atoms with Gasteiger partial charge in [0.1, 0.15) is 0 Å². The average molecular weight is 286 g/mol. The zero-order valence-electron chi connectivity index (χ0n) is 12.6. The highest BCUT2D eigenvalue weighted by Crippen LogP contribution is 2.28. The number of carboxylic acid groups (broad SMARTS) is 1. The van der Waals surface area contributed by atoms with Crippen LogP contribution in [0.25, 0.3) is 10.9 Å². The number of carbonyl (C=O) groups is 1. The number of fused-ring (bicyclic) bond motifs is 1. The third-order valence-electron chi connectivity index (χ3n) is 4.61. The summed E-state index contributed by atoms with van der Waals surface area (Å²) in [6.07, 6.45) is 2.21. The molecule has 3 rings (SSSR count). The topological polar surface area (TPSA) is 45.5 Å². The highest BCUT2D eigenvalue weighted by molar-refractivity contribution is 5.84. The molecule has 21 heavy (non-hydrogen) atoms. The van der Waals surface area contributed by atoms with E-state index in [1.807, 2.05) is 6.92 Å². The van der Waals surface area contributed by atoms with E-state index in [4.69, 9.17) is 0 Å². The number of aryl methyl sites for hydroxylation is 1. The second-order valence-electron chi connectivity index (χ2n) is 6.07. The van der Waals surface area contributed by atoms with Crippen molar-refractivity contribution in [3.63, 3.8) is 0 Å². The molecule has 4 heteroatoms. The van der Waals surface area contributed by atoms with Gasteiger partial charge in [0.2, 0.25) is 0 Å². The predicted octanol–water partition coefficient (Wildman–Crippen LogP) is 2.81. The van der Waals surface area contributed by atoms with Crippen LogP contribution in [0, 0.1) is 11.8 Å². The Kier molecular flexibility index (Phi) is 3.72. The zero-order valence-corrected chi connectivity index (χ0v) is 12.6. The summed E-state index contributed by atoms with van der Waals surface area (Å²) in [5, 5.41) is 10.5. The summed E-state index contributed by atoms with van der Waals surface area (Å²) in [7, 11) is 0. The Hall–Kier alpha value is -1.81. The van der Waals surface area contributed by atoms with Crippen LogP contribution >= 0.6 is 0 Å². The molecule has 0 aliphatic carbocycles. The van der Waals surface area contributed by atoms with E-state index in [-0.39, 0.29) is 11.8 Å². The Balaban J connectivity index is 1.84. The SMILES string of the molecule is CCn1cc(CN2CC(C)C(C(=O)O)C2)c2ccccc21. The highest BCUT2D eigenvalue weighted by Gasteiger charge is 2.34. The number of hydrogen-bond donors (Lipinski definition) is 1. The van der Waals surface area contributed by atoms with Crippen LogP contribution < -0.4 is 0 Å². The molecular weight excluding hydrogens is 264 g/mol. The third kappa shape index (κ3) is 2.56. The summed E-state index contributed by atoms with van der Waals surface area (Å²) < 4.78 is 2.26. The summed E-state index contributed by atoms with van der Waals surface area (Å²) in [5.41, 5.74) is 2.56. The number of para-hydroxylation sites is 1. The molecule has 1 saturated heterocycles. The minimum absolute atomic E-state index is 0.224. The van der Waals surface area contributed by atoms with E-state index in [1.54, 1.807) is 0 Å². The maximum Gasteiger partial charge on any atom is 0.308 e. The monoisotopic (exact) mass is 286 g/mol. The van der Waals surface area contributed by atoms with Crippen molar-refractivity contribution in [1.82, 2.24) is 9.47 Å². The van der Waals surface area contributed by atoms with Crippen LogP contribution in [0.2, 0.25) is 0 Å². The number of benzene rings is 1. The molecular formula is C17H22N2O2. The molecule has 0 bridgehead atoms. The van der Waals surface area contributed by atoms with E-state index in [2.05, 4.69) is 46.9 Å². The summed E-state index contributed by atoms with van der Waals surface area (Å²) >= 11 is 0. The van der Waals surface area contributed by atoms with Crippen molar-refractivity contribution in [2.75, 3.05) is 13.1 Å². The minimum atomic E-state index is -0.666. The Morgan fingerprint density at radius 2 is 2.10 bits per heavy atom. The van der Waals surface area contributed by atoms with Crippen molar-refractivity contribution in [3.8, 4) is 0 Å². The molecule has 1 N–H and O–H groups in total. The lowest BCUT2D eigenvalue weighted by Crippen LogP contribution is -2.23. The van der Waals surface area contributed by atoms with Gasteiger partial charge in [0.25, 0.3) is 0 Å². The maximum atomic E-state index is 11.2. The van der Waals surface area contributed by atoms with Gasteiger partial charge in [0, 0.05) is 43.3 Å². The van der Waals surface area contributed by atoms with Crippen LogP contribution in [-0.4, -0.2) is 33.6 Å². The number of rotatable bonds is 4. The first-order valence-corrected chi connectivity index (χ1v) is 7.62. The molecule has 0 radical (unpaired) electrons. The Bertz CT molecular complexity index is 662. The standard InChI is InChI=1S/C17H22N2O2/c1-3-19-10-13(14-6-4-5-7-16(14)19)9-18-8-12(2)15(11-18)17(20)21/h4-7,10,12,15H,3,8-9,11H2,1-2H3,(H,20,21). The van der Waals surface area contributed by atoms with Crippen molar-refractivity contribution >= 4 is 16.9 Å². The molecule has 2 aromatic rings. The smallest absolute Gasteiger partial charge is 0.308 e. The molecule has 1 aromatic carbocycles. The van der Waals surface area contributed by atoms with Gasteiger partial charge < -0.3 is 9.67 Å². The number of hydrogen-bond acceptors (Lipinski definition) is 2. The quantitative estimate of drug-likeness (QED) is 0.940. The molecule has 0 amide bonds. The molecule has 1 aliphatic heterocycles. The number of aliphatic carboxylic acids is 1. The van der Waals surface area contributed by atoms with E-state index in [0.29, 0.717) is 6.54 Å². The fraction of sp³-hybridized carbons (Fsp3) is 0.471. The Morgan fingerprint density at radius 1 is 1.33 bits per heavy atom. The molecule has 0 saturated carbocycles. The molecule has 1 fully saturated rings. The molecule has 1 aliphatic rings. The lowest BCUT2D eigenvalue weighted by molar-refractivity contribution is -0.142. The van der Waals surface area contributed by atoms with Gasteiger partial charge >= 0.3 is 5.97 Å². The fourth-order valence-corrected chi connectivity index (χ4v) is 3.47. The first kappa shape index (κ1) is 14.1. The largest absolute Gasteiger partial charge is 0.481 e. The Labute approximate surface area is 125 Å². The van der Waals surface area contributed by atoms with Gasteiger partial charge in [0.15, 0.2) is 0 Å².